The van der Waals surface area contributed by atoms with Crippen molar-refractivity contribution in [3.8, 4) is 0 Å². The van der Waals surface area contributed by atoms with Gasteiger partial charge in [-0.15, -0.1) is 0 Å². The Morgan fingerprint density at radius 2 is 1.96 bits per heavy atom. The minimum Gasteiger partial charge on any atom is -0.465 e. The summed E-state index contributed by atoms with van der Waals surface area (Å²) in [5, 5.41) is 18.8. The van der Waals surface area contributed by atoms with Gasteiger partial charge in [-0.25, -0.2) is 13.6 Å². The van der Waals surface area contributed by atoms with Gasteiger partial charge in [-0.2, -0.15) is 0 Å². The Morgan fingerprint density at radius 1 is 1.38 bits per heavy atom. The Kier molecular flexibility index (Phi) is 5.83. The molecule has 1 heterocycles. The molecule has 5 nitrogen and oxygen atoms in total. The summed E-state index contributed by atoms with van der Waals surface area (Å²) in [6.07, 6.45) is -1.20. The van der Waals surface area contributed by atoms with E-state index < -0.39 is 35.6 Å². The van der Waals surface area contributed by atoms with Crippen LogP contribution in [0, 0.1) is 11.6 Å². The minimum absolute atomic E-state index is 0.111. The van der Waals surface area contributed by atoms with Gasteiger partial charge >= 0.3 is 6.09 Å². The largest absolute Gasteiger partial charge is 0.465 e. The van der Waals surface area contributed by atoms with Gasteiger partial charge in [0, 0.05) is 10.9 Å². The first-order valence-electron chi connectivity index (χ1n) is 7.54. The molecule has 0 aromatic heterocycles. The fraction of sp³-hybridized carbons (Fsp3) is 0.562. The molecule has 3 atom stereocenters. The maximum absolute atomic E-state index is 13.4. The van der Waals surface area contributed by atoms with Crippen LogP contribution in [0.4, 0.5) is 13.6 Å². The van der Waals surface area contributed by atoms with Crippen LogP contribution in [-0.2, 0) is 11.2 Å². The van der Waals surface area contributed by atoms with Crippen LogP contribution < -0.4 is 0 Å². The van der Waals surface area contributed by atoms with Crippen LogP contribution in [0.3, 0.4) is 0 Å². The number of alkyl halides is 1. The highest BCUT2D eigenvalue weighted by molar-refractivity contribution is 9.09. The number of aliphatic hydroxyl groups excluding tert-OH is 1. The molecule has 0 saturated carbocycles. The maximum atomic E-state index is 13.4. The van der Waals surface area contributed by atoms with E-state index in [1.54, 1.807) is 13.8 Å². The molecule has 24 heavy (non-hydrogen) atoms. The van der Waals surface area contributed by atoms with Crippen LogP contribution in [-0.4, -0.2) is 50.5 Å². The van der Waals surface area contributed by atoms with Crippen molar-refractivity contribution in [1.82, 2.24) is 4.90 Å². The smallest absolute Gasteiger partial charge is 0.409 e. The second-order valence-electron chi connectivity index (χ2n) is 6.32. The number of rotatable bonds is 5. The van der Waals surface area contributed by atoms with Gasteiger partial charge in [-0.1, -0.05) is 15.9 Å². The van der Waals surface area contributed by atoms with Crippen LogP contribution in [0.2, 0.25) is 0 Å². The summed E-state index contributed by atoms with van der Waals surface area (Å²) in [4.78, 5) is 12.6. The van der Waals surface area contributed by atoms with Gasteiger partial charge in [0.25, 0.3) is 0 Å². The lowest BCUT2D eigenvalue weighted by molar-refractivity contribution is -0.0682. The quantitative estimate of drug-likeness (QED) is 0.735. The molecule has 1 aliphatic heterocycles. The fourth-order valence-electron chi connectivity index (χ4n) is 3.17. The molecule has 0 spiro atoms. The number of nitrogens with zero attached hydrogens (tertiary/aromatic N) is 1. The summed E-state index contributed by atoms with van der Waals surface area (Å²) in [6, 6.07) is 2.52. The van der Waals surface area contributed by atoms with Crippen LogP contribution in [0.15, 0.2) is 18.2 Å². The zero-order chi connectivity index (χ0) is 18.1. The lowest BCUT2D eigenvalue weighted by Crippen LogP contribution is -2.48. The van der Waals surface area contributed by atoms with Gasteiger partial charge < -0.3 is 14.9 Å². The zero-order valence-corrected chi connectivity index (χ0v) is 15.0. The summed E-state index contributed by atoms with van der Waals surface area (Å²) < 4.78 is 32.7. The van der Waals surface area contributed by atoms with Crippen molar-refractivity contribution in [2.75, 3.05) is 6.61 Å². The van der Waals surface area contributed by atoms with Crippen molar-refractivity contribution in [1.29, 1.82) is 0 Å². The normalized spacial score (nSPS) is 24.2. The lowest BCUT2D eigenvalue weighted by Gasteiger charge is -2.31. The van der Waals surface area contributed by atoms with Crippen LogP contribution in [0.1, 0.15) is 25.8 Å². The number of carboxylic acid groups (broad SMARTS) is 1. The standard InChI is InChI=1S/C16H20BrF2NO4/c1-16(2)20(15(22)23)13(14(24-16)6-10(17)8-21)5-9-3-11(18)7-12(19)4-9/h3-4,7,10,13-14,21H,5-6,8H2,1-2H3,(H,22,23)/t10?,13-,14-/m0/s1. The van der Waals surface area contributed by atoms with E-state index in [4.69, 9.17) is 4.74 Å². The lowest BCUT2D eigenvalue weighted by atomic mass is 9.97. The molecule has 1 unspecified atom stereocenters. The molecule has 2 rings (SSSR count). The molecular weight excluding hydrogens is 388 g/mol. The first kappa shape index (κ1) is 19.1. The van der Waals surface area contributed by atoms with Crippen molar-refractivity contribution >= 4 is 22.0 Å². The number of ether oxygens (including phenoxy) is 1. The molecule has 0 aliphatic carbocycles. The first-order valence-corrected chi connectivity index (χ1v) is 8.45. The SMILES string of the molecule is CC1(C)O[C@@H](CC(Br)CO)[C@H](Cc2cc(F)cc(F)c2)N1C(=O)O. The van der Waals surface area contributed by atoms with Crippen LogP contribution >= 0.6 is 15.9 Å². The van der Waals surface area contributed by atoms with E-state index in [0.717, 1.165) is 11.0 Å². The molecule has 134 valence electrons. The minimum atomic E-state index is -1.17. The Bertz CT molecular complexity index is 593. The number of halogens is 3. The molecule has 1 aliphatic rings. The van der Waals surface area contributed by atoms with Gasteiger partial charge in [0.2, 0.25) is 0 Å². The average Bonchev–Trinajstić information content (AvgIpc) is 2.67. The second-order valence-corrected chi connectivity index (χ2v) is 7.62. The third kappa shape index (κ3) is 4.23. The molecule has 0 radical (unpaired) electrons. The monoisotopic (exact) mass is 407 g/mol. The molecule has 1 amide bonds. The van der Waals surface area contributed by atoms with Crippen molar-refractivity contribution in [2.45, 2.75) is 49.4 Å². The second kappa shape index (κ2) is 7.33. The van der Waals surface area contributed by atoms with Crippen molar-refractivity contribution in [2.24, 2.45) is 0 Å². The number of benzene rings is 1. The Balaban J connectivity index is 2.32. The van der Waals surface area contributed by atoms with Crippen molar-refractivity contribution < 1.29 is 28.5 Å². The summed E-state index contributed by atoms with van der Waals surface area (Å²) >= 11 is 3.30. The van der Waals surface area contributed by atoms with Gasteiger partial charge in [-0.3, -0.25) is 4.90 Å². The summed E-state index contributed by atoms with van der Waals surface area (Å²) in [5.74, 6) is -1.43. The van der Waals surface area contributed by atoms with Crippen LogP contribution in [0.25, 0.3) is 0 Å². The fourth-order valence-corrected chi connectivity index (χ4v) is 3.54. The van der Waals surface area contributed by atoms with E-state index in [-0.39, 0.29) is 17.9 Å². The number of hydrogen-bond acceptors (Lipinski definition) is 3. The molecule has 2 N–H and O–H groups in total. The van der Waals surface area contributed by atoms with Crippen molar-refractivity contribution in [3.63, 3.8) is 0 Å². The highest BCUT2D eigenvalue weighted by atomic mass is 79.9. The topological polar surface area (TPSA) is 70.0 Å². The number of carbonyl (C=O) groups is 1. The average molecular weight is 408 g/mol. The summed E-state index contributed by atoms with van der Waals surface area (Å²) in [7, 11) is 0. The molecular formula is C16H20BrF2NO4. The summed E-state index contributed by atoms with van der Waals surface area (Å²) in [5.41, 5.74) is -0.722. The summed E-state index contributed by atoms with van der Waals surface area (Å²) in [6.45, 7) is 3.12. The van der Waals surface area contributed by atoms with Crippen molar-refractivity contribution in [3.05, 3.63) is 35.4 Å². The van der Waals surface area contributed by atoms with E-state index in [1.807, 2.05) is 0 Å². The highest BCUT2D eigenvalue weighted by Crippen LogP contribution is 2.36. The Labute approximate surface area is 147 Å². The number of hydrogen-bond donors (Lipinski definition) is 2. The van der Waals surface area contributed by atoms with E-state index in [0.29, 0.717) is 12.0 Å². The highest BCUT2D eigenvalue weighted by Gasteiger charge is 2.50. The Morgan fingerprint density at radius 3 is 2.46 bits per heavy atom. The zero-order valence-electron chi connectivity index (χ0n) is 13.4. The van der Waals surface area contributed by atoms with Gasteiger partial charge in [0.05, 0.1) is 18.8 Å². The molecule has 1 aromatic carbocycles. The molecule has 8 heteroatoms. The van der Waals surface area contributed by atoms with E-state index in [1.165, 1.54) is 12.1 Å². The number of aliphatic hydroxyl groups is 1. The van der Waals surface area contributed by atoms with E-state index in [9.17, 15) is 23.8 Å². The van der Waals surface area contributed by atoms with Gasteiger partial charge in [-0.05, 0) is 44.4 Å². The number of amides is 1. The molecule has 1 fully saturated rings. The third-order valence-electron chi connectivity index (χ3n) is 4.04. The van der Waals surface area contributed by atoms with Gasteiger partial charge in [0.1, 0.15) is 17.4 Å². The molecule has 1 aromatic rings. The maximum Gasteiger partial charge on any atom is 0.409 e. The molecule has 0 bridgehead atoms. The van der Waals surface area contributed by atoms with Gasteiger partial charge in [0.15, 0.2) is 0 Å². The Hall–Kier alpha value is -1.25. The van der Waals surface area contributed by atoms with Crippen LogP contribution in [0.5, 0.6) is 0 Å². The van der Waals surface area contributed by atoms with E-state index in [2.05, 4.69) is 15.9 Å². The third-order valence-corrected chi connectivity index (χ3v) is 4.70. The predicted molar refractivity (Wildman–Crippen MR) is 87.1 cm³/mol. The molecule has 1 saturated heterocycles. The first-order chi connectivity index (χ1) is 11.1. The predicted octanol–water partition coefficient (Wildman–Crippen LogP) is 3.14. The van der Waals surface area contributed by atoms with E-state index >= 15 is 0 Å².